The first-order valence-corrected chi connectivity index (χ1v) is 5.75. The first-order valence-electron chi connectivity index (χ1n) is 5.75. The fourth-order valence-corrected chi connectivity index (χ4v) is 2.16. The van der Waals surface area contributed by atoms with Gasteiger partial charge in [0.25, 0.3) is 0 Å². The molecule has 0 aromatic carbocycles. The van der Waals surface area contributed by atoms with Gasteiger partial charge in [-0.1, -0.05) is 13.8 Å². The molecule has 1 rings (SSSR count). The van der Waals surface area contributed by atoms with Crippen LogP contribution in [0.4, 0.5) is 0 Å². The predicted molar refractivity (Wildman–Crippen MR) is 60.9 cm³/mol. The standard InChI is InChI=1S/C12H23NO2/c1-12(2,10-14)9-13-6-4-11(5-7-13)8-15-3/h10-11H,4-9H2,1-3H3. The Labute approximate surface area is 92.8 Å². The number of carbonyl (C=O) groups is 1. The lowest BCUT2D eigenvalue weighted by Crippen LogP contribution is -2.41. The van der Waals surface area contributed by atoms with E-state index in [4.69, 9.17) is 4.74 Å². The molecule has 1 aliphatic heterocycles. The third-order valence-electron chi connectivity index (χ3n) is 3.06. The summed E-state index contributed by atoms with van der Waals surface area (Å²) < 4.78 is 5.16. The van der Waals surface area contributed by atoms with Crippen molar-refractivity contribution in [2.75, 3.05) is 33.4 Å². The maximum atomic E-state index is 10.8. The van der Waals surface area contributed by atoms with Gasteiger partial charge in [-0.2, -0.15) is 0 Å². The molecule has 0 saturated carbocycles. The molecule has 0 atom stereocenters. The van der Waals surface area contributed by atoms with Gasteiger partial charge in [0.15, 0.2) is 0 Å². The molecule has 0 N–H and O–H groups in total. The lowest BCUT2D eigenvalue weighted by Gasteiger charge is -2.35. The Hall–Kier alpha value is -0.410. The van der Waals surface area contributed by atoms with Gasteiger partial charge in [0, 0.05) is 25.7 Å². The summed E-state index contributed by atoms with van der Waals surface area (Å²) in [6, 6.07) is 0. The molecule has 3 nitrogen and oxygen atoms in total. The zero-order valence-electron chi connectivity index (χ0n) is 10.2. The zero-order chi connectivity index (χ0) is 11.3. The minimum atomic E-state index is -0.200. The van der Waals surface area contributed by atoms with Crippen molar-refractivity contribution in [1.29, 1.82) is 0 Å². The van der Waals surface area contributed by atoms with Gasteiger partial charge in [-0.15, -0.1) is 0 Å². The summed E-state index contributed by atoms with van der Waals surface area (Å²) in [5.74, 6) is 0.714. The van der Waals surface area contributed by atoms with E-state index >= 15 is 0 Å². The number of methoxy groups -OCH3 is 1. The molecule has 0 bridgehead atoms. The summed E-state index contributed by atoms with van der Waals surface area (Å²) >= 11 is 0. The number of hydrogen-bond donors (Lipinski definition) is 0. The van der Waals surface area contributed by atoms with Crippen molar-refractivity contribution < 1.29 is 9.53 Å². The van der Waals surface area contributed by atoms with Gasteiger partial charge in [0.05, 0.1) is 0 Å². The van der Waals surface area contributed by atoms with Gasteiger partial charge in [0.1, 0.15) is 6.29 Å². The fourth-order valence-electron chi connectivity index (χ4n) is 2.16. The van der Waals surface area contributed by atoms with Crippen LogP contribution >= 0.6 is 0 Å². The number of piperidine rings is 1. The largest absolute Gasteiger partial charge is 0.384 e. The van der Waals surface area contributed by atoms with Crippen LogP contribution in [0.3, 0.4) is 0 Å². The smallest absolute Gasteiger partial charge is 0.126 e. The minimum Gasteiger partial charge on any atom is -0.384 e. The van der Waals surface area contributed by atoms with Crippen molar-refractivity contribution in [2.45, 2.75) is 26.7 Å². The number of rotatable bonds is 5. The Morgan fingerprint density at radius 2 is 2.00 bits per heavy atom. The van der Waals surface area contributed by atoms with Crippen LogP contribution in [0.15, 0.2) is 0 Å². The molecule has 1 saturated heterocycles. The lowest BCUT2D eigenvalue weighted by molar-refractivity contribution is -0.115. The van der Waals surface area contributed by atoms with Crippen molar-refractivity contribution in [2.24, 2.45) is 11.3 Å². The monoisotopic (exact) mass is 213 g/mol. The molecule has 0 aromatic rings. The second kappa shape index (κ2) is 5.61. The quantitative estimate of drug-likeness (QED) is 0.649. The molecule has 0 radical (unpaired) electrons. The highest BCUT2D eigenvalue weighted by Crippen LogP contribution is 2.21. The molecule has 1 fully saturated rings. The SMILES string of the molecule is COCC1CCN(CC(C)(C)C=O)CC1. The molecule has 1 heterocycles. The highest BCUT2D eigenvalue weighted by molar-refractivity contribution is 5.58. The minimum absolute atomic E-state index is 0.200. The van der Waals surface area contributed by atoms with Gasteiger partial charge >= 0.3 is 0 Å². The Kier molecular flexibility index (Phi) is 4.74. The van der Waals surface area contributed by atoms with Crippen molar-refractivity contribution in [1.82, 2.24) is 4.90 Å². The third-order valence-corrected chi connectivity index (χ3v) is 3.06. The van der Waals surface area contributed by atoms with E-state index in [0.717, 1.165) is 32.5 Å². The lowest BCUT2D eigenvalue weighted by atomic mass is 9.92. The van der Waals surface area contributed by atoms with E-state index in [1.807, 2.05) is 13.8 Å². The van der Waals surface area contributed by atoms with E-state index in [1.165, 1.54) is 12.8 Å². The molecular formula is C12H23NO2. The average molecular weight is 213 g/mol. The van der Waals surface area contributed by atoms with Crippen LogP contribution < -0.4 is 0 Å². The van der Waals surface area contributed by atoms with Gasteiger partial charge in [-0.05, 0) is 31.8 Å². The second-order valence-electron chi connectivity index (χ2n) is 5.28. The van der Waals surface area contributed by atoms with Crippen LogP contribution in [-0.4, -0.2) is 44.5 Å². The highest BCUT2D eigenvalue weighted by atomic mass is 16.5. The summed E-state index contributed by atoms with van der Waals surface area (Å²) in [6.45, 7) is 7.97. The van der Waals surface area contributed by atoms with Crippen LogP contribution in [0.25, 0.3) is 0 Å². The van der Waals surface area contributed by atoms with Crippen molar-refractivity contribution >= 4 is 6.29 Å². The van der Waals surface area contributed by atoms with Crippen LogP contribution in [0, 0.1) is 11.3 Å². The number of aldehydes is 1. The van der Waals surface area contributed by atoms with Crippen molar-refractivity contribution in [3.8, 4) is 0 Å². The van der Waals surface area contributed by atoms with E-state index in [-0.39, 0.29) is 5.41 Å². The molecule has 0 amide bonds. The number of hydrogen-bond acceptors (Lipinski definition) is 3. The van der Waals surface area contributed by atoms with E-state index in [1.54, 1.807) is 7.11 Å². The Morgan fingerprint density at radius 1 is 1.40 bits per heavy atom. The molecule has 0 unspecified atom stereocenters. The molecule has 0 aromatic heterocycles. The maximum Gasteiger partial charge on any atom is 0.126 e. The van der Waals surface area contributed by atoms with E-state index in [2.05, 4.69) is 4.90 Å². The van der Waals surface area contributed by atoms with E-state index in [9.17, 15) is 4.79 Å². The van der Waals surface area contributed by atoms with Gasteiger partial charge in [-0.25, -0.2) is 0 Å². The van der Waals surface area contributed by atoms with Crippen LogP contribution in [-0.2, 0) is 9.53 Å². The zero-order valence-corrected chi connectivity index (χ0v) is 10.2. The molecule has 88 valence electrons. The van der Waals surface area contributed by atoms with E-state index < -0.39 is 0 Å². The average Bonchev–Trinajstić information content (AvgIpc) is 2.21. The van der Waals surface area contributed by atoms with Crippen molar-refractivity contribution in [3.05, 3.63) is 0 Å². The molecule has 3 heteroatoms. The fraction of sp³-hybridized carbons (Fsp3) is 0.917. The van der Waals surface area contributed by atoms with E-state index in [0.29, 0.717) is 5.92 Å². The van der Waals surface area contributed by atoms with Crippen LogP contribution in [0.5, 0.6) is 0 Å². The molecule has 15 heavy (non-hydrogen) atoms. The van der Waals surface area contributed by atoms with Crippen molar-refractivity contribution in [3.63, 3.8) is 0 Å². The summed E-state index contributed by atoms with van der Waals surface area (Å²) in [5, 5.41) is 0. The Balaban J connectivity index is 2.28. The normalized spacial score (nSPS) is 20.5. The molecule has 1 aliphatic rings. The highest BCUT2D eigenvalue weighted by Gasteiger charge is 2.25. The molecule has 0 spiro atoms. The van der Waals surface area contributed by atoms with Gasteiger partial charge < -0.3 is 14.4 Å². The Morgan fingerprint density at radius 3 is 2.47 bits per heavy atom. The molecular weight excluding hydrogens is 190 g/mol. The summed E-state index contributed by atoms with van der Waals surface area (Å²) in [5.41, 5.74) is -0.200. The third kappa shape index (κ3) is 4.31. The first kappa shape index (κ1) is 12.7. The molecule has 0 aliphatic carbocycles. The number of nitrogens with zero attached hydrogens (tertiary/aromatic N) is 1. The Bertz CT molecular complexity index is 196. The van der Waals surface area contributed by atoms with Crippen LogP contribution in [0.2, 0.25) is 0 Å². The number of carbonyl (C=O) groups excluding carboxylic acids is 1. The summed E-state index contributed by atoms with van der Waals surface area (Å²) in [7, 11) is 1.77. The predicted octanol–water partition coefficient (Wildman–Crippen LogP) is 1.57. The van der Waals surface area contributed by atoms with Gasteiger partial charge in [-0.3, -0.25) is 0 Å². The topological polar surface area (TPSA) is 29.5 Å². The summed E-state index contributed by atoms with van der Waals surface area (Å²) in [6.07, 6.45) is 3.46. The first-order chi connectivity index (χ1) is 7.07. The second-order valence-corrected chi connectivity index (χ2v) is 5.28. The number of ether oxygens (including phenoxy) is 1. The van der Waals surface area contributed by atoms with Crippen LogP contribution in [0.1, 0.15) is 26.7 Å². The summed E-state index contributed by atoms with van der Waals surface area (Å²) in [4.78, 5) is 13.2. The maximum absolute atomic E-state index is 10.8. The van der Waals surface area contributed by atoms with Gasteiger partial charge in [0.2, 0.25) is 0 Å². The number of likely N-dealkylation sites (tertiary alicyclic amines) is 1.